The van der Waals surface area contributed by atoms with Gasteiger partial charge in [0, 0.05) is 23.8 Å². The molecule has 2 unspecified atom stereocenters. The Balaban J connectivity index is 0.000000305. The molecule has 0 aliphatic carbocycles. The van der Waals surface area contributed by atoms with E-state index in [1.54, 1.807) is 53.1 Å². The number of fused-ring (bicyclic) bond motifs is 2. The molecular formula is C57H80N2O7S4. The SMILES string of the molecule is C.CC(COCC(=O)CCc1cc(C(C)(C)C)c(O)c(C(C)(C)C)c1)Sc1nc2ccccc2s1.CC(O)CSc1nc2ccccc2s1.COC(=O)CCc1cc(C(C)(C)C)c(O)c(C(C)(C)C)c1. The summed E-state index contributed by atoms with van der Waals surface area (Å²) in [7, 11) is 1.40. The number of thioether (sulfide) groups is 2. The van der Waals surface area contributed by atoms with Gasteiger partial charge in [-0.15, -0.1) is 22.7 Å². The van der Waals surface area contributed by atoms with Crippen LogP contribution in [0.25, 0.3) is 20.4 Å². The van der Waals surface area contributed by atoms with Gasteiger partial charge in [-0.05, 0) is 99.1 Å². The number of aromatic nitrogens is 2. The van der Waals surface area contributed by atoms with Crippen molar-refractivity contribution in [3.05, 3.63) is 106 Å². The summed E-state index contributed by atoms with van der Waals surface area (Å²) in [5.74, 6) is 1.34. The fourth-order valence-corrected chi connectivity index (χ4v) is 11.5. The van der Waals surface area contributed by atoms with E-state index >= 15 is 0 Å². The van der Waals surface area contributed by atoms with E-state index in [0.717, 1.165) is 53.1 Å². The Kier molecular flexibility index (Phi) is 22.5. The number of phenolic OH excluding ortho intramolecular Hbond substituents is 2. The molecule has 0 aliphatic rings. The summed E-state index contributed by atoms with van der Waals surface area (Å²) in [6, 6.07) is 24.3. The number of aliphatic hydroxyl groups excluding tert-OH is 1. The second-order valence-corrected chi connectivity index (χ2v) is 26.7. The van der Waals surface area contributed by atoms with E-state index in [0.29, 0.717) is 49.5 Å². The van der Waals surface area contributed by atoms with Gasteiger partial charge in [0.25, 0.3) is 0 Å². The highest BCUT2D eigenvalue weighted by molar-refractivity contribution is 8.01. The van der Waals surface area contributed by atoms with Gasteiger partial charge in [-0.25, -0.2) is 9.97 Å². The molecule has 384 valence electrons. The molecule has 2 aromatic heterocycles. The molecule has 13 heteroatoms. The van der Waals surface area contributed by atoms with Crippen LogP contribution in [0.15, 0.2) is 81.5 Å². The molecule has 0 saturated heterocycles. The number of ether oxygens (including phenoxy) is 2. The van der Waals surface area contributed by atoms with Gasteiger partial charge < -0.3 is 24.8 Å². The smallest absolute Gasteiger partial charge is 0.305 e. The number of aryl methyl sites for hydroxylation is 2. The van der Waals surface area contributed by atoms with Gasteiger partial charge in [0.1, 0.15) is 18.1 Å². The molecule has 0 aliphatic heterocycles. The lowest BCUT2D eigenvalue weighted by atomic mass is 9.78. The van der Waals surface area contributed by atoms with Crippen LogP contribution in [0, 0.1) is 0 Å². The maximum atomic E-state index is 12.5. The maximum absolute atomic E-state index is 12.5. The molecular weight excluding hydrogens is 953 g/mol. The molecule has 9 nitrogen and oxygen atoms in total. The number of aromatic hydroxyl groups is 2. The summed E-state index contributed by atoms with van der Waals surface area (Å²) in [5, 5.41) is 30.9. The van der Waals surface area contributed by atoms with Crippen LogP contribution in [0.4, 0.5) is 0 Å². The Hall–Kier alpha value is -3.98. The average molecular weight is 1030 g/mol. The molecule has 0 radical (unpaired) electrons. The van der Waals surface area contributed by atoms with E-state index in [-0.39, 0.29) is 58.8 Å². The van der Waals surface area contributed by atoms with Crippen molar-refractivity contribution in [1.82, 2.24) is 9.97 Å². The topological polar surface area (TPSA) is 139 Å². The van der Waals surface area contributed by atoms with E-state index < -0.39 is 0 Å². The number of methoxy groups -OCH3 is 1. The second-order valence-electron chi connectivity index (χ2n) is 21.7. The number of benzene rings is 4. The molecule has 0 bridgehead atoms. The molecule has 0 spiro atoms. The van der Waals surface area contributed by atoms with Gasteiger partial charge in [-0.2, -0.15) is 0 Å². The molecule has 4 aromatic carbocycles. The summed E-state index contributed by atoms with van der Waals surface area (Å²) in [5.41, 5.74) is 7.28. The van der Waals surface area contributed by atoms with Crippen LogP contribution >= 0.6 is 46.2 Å². The van der Waals surface area contributed by atoms with Gasteiger partial charge in [0.05, 0.1) is 40.3 Å². The van der Waals surface area contributed by atoms with Crippen LogP contribution in [0.3, 0.4) is 0 Å². The van der Waals surface area contributed by atoms with E-state index in [4.69, 9.17) is 14.6 Å². The third-order valence-corrected chi connectivity index (χ3v) is 15.6. The number of carbonyl (C=O) groups excluding carboxylic acids is 2. The first-order valence-corrected chi connectivity index (χ1v) is 27.1. The average Bonchev–Trinajstić information content (AvgIpc) is 3.87. The predicted octanol–water partition coefficient (Wildman–Crippen LogP) is 14.8. The van der Waals surface area contributed by atoms with Crippen LogP contribution in [0.2, 0.25) is 0 Å². The lowest BCUT2D eigenvalue weighted by molar-refractivity contribution is -0.140. The van der Waals surface area contributed by atoms with Crippen LogP contribution in [-0.4, -0.2) is 74.5 Å². The molecule has 2 atom stereocenters. The van der Waals surface area contributed by atoms with Gasteiger partial charge in [-0.3, -0.25) is 9.59 Å². The Bertz CT molecular complexity index is 2490. The number of nitrogens with zero attached hydrogens (tertiary/aromatic N) is 2. The number of phenols is 2. The van der Waals surface area contributed by atoms with Crippen molar-refractivity contribution in [2.75, 3.05) is 26.1 Å². The number of hydrogen-bond donors (Lipinski definition) is 3. The van der Waals surface area contributed by atoms with Crippen LogP contribution in [-0.2, 0) is 53.6 Å². The van der Waals surface area contributed by atoms with Gasteiger partial charge in [0.15, 0.2) is 14.5 Å². The maximum Gasteiger partial charge on any atom is 0.305 e. The molecule has 0 fully saturated rings. The Labute approximate surface area is 435 Å². The monoisotopic (exact) mass is 1030 g/mol. The standard InChI is InChI=1S/C28H37NO3S2.C18H28O3.C10H11NOS2.CH4/c1-18(33-26-29-23-10-8-9-11-24(23)34-26)16-32-17-20(30)13-12-19-14-21(27(2,3)4)25(31)22(15-19)28(5,6)7;1-17(2,3)13-10-12(8-9-15(19)21-7)11-14(16(13)20)18(4,5)6;1-7(12)6-13-10-11-8-4-2-3-5-9(8)14-10;/h8-11,14-15,18,31H,12-13,16-17H2,1-7H3;10-11,20H,8-9H2,1-7H3;2-5,7,12H,6H2,1H3;1H4. The Morgan fingerprint density at radius 1 is 0.643 bits per heavy atom. The largest absolute Gasteiger partial charge is 0.507 e. The summed E-state index contributed by atoms with van der Waals surface area (Å²) in [6.45, 7) is 29.6. The number of aliphatic hydroxyl groups is 1. The van der Waals surface area contributed by atoms with Crippen LogP contribution < -0.4 is 0 Å². The molecule has 0 amide bonds. The first-order chi connectivity index (χ1) is 32.1. The fraction of sp³-hybridized carbons (Fsp3) is 0.509. The highest BCUT2D eigenvalue weighted by Gasteiger charge is 2.28. The van der Waals surface area contributed by atoms with E-state index in [2.05, 4.69) is 124 Å². The summed E-state index contributed by atoms with van der Waals surface area (Å²) in [4.78, 5) is 33.0. The van der Waals surface area contributed by atoms with Crippen LogP contribution in [0.1, 0.15) is 151 Å². The van der Waals surface area contributed by atoms with Crippen molar-refractivity contribution in [1.29, 1.82) is 0 Å². The highest BCUT2D eigenvalue weighted by atomic mass is 32.2. The minimum Gasteiger partial charge on any atom is -0.507 e. The van der Waals surface area contributed by atoms with Crippen molar-refractivity contribution >= 4 is 78.4 Å². The van der Waals surface area contributed by atoms with Gasteiger partial charge in [-0.1, -0.05) is 169 Å². The molecule has 2 heterocycles. The van der Waals surface area contributed by atoms with E-state index in [9.17, 15) is 19.8 Å². The third kappa shape index (κ3) is 18.6. The molecule has 0 saturated carbocycles. The Morgan fingerprint density at radius 2 is 1.04 bits per heavy atom. The minimum atomic E-state index is -0.271. The number of carbonyl (C=O) groups is 2. The Morgan fingerprint density at radius 3 is 1.44 bits per heavy atom. The van der Waals surface area contributed by atoms with E-state index in [1.807, 2.05) is 48.5 Å². The van der Waals surface area contributed by atoms with Crippen molar-refractivity contribution in [2.45, 2.75) is 172 Å². The number of Topliss-reactive ketones (excluding diaryl/α,β-unsaturated/α-hetero) is 1. The zero-order valence-electron chi connectivity index (χ0n) is 43.5. The zero-order valence-corrected chi connectivity index (χ0v) is 46.8. The van der Waals surface area contributed by atoms with E-state index in [1.165, 1.54) is 16.5 Å². The molecule has 70 heavy (non-hydrogen) atoms. The predicted molar refractivity (Wildman–Crippen MR) is 299 cm³/mol. The third-order valence-electron chi connectivity index (χ3n) is 11.0. The van der Waals surface area contributed by atoms with Crippen LogP contribution in [0.5, 0.6) is 11.5 Å². The number of rotatable bonds is 15. The zero-order chi connectivity index (χ0) is 51.5. The van der Waals surface area contributed by atoms with Crippen molar-refractivity contribution in [2.24, 2.45) is 0 Å². The fourth-order valence-electron chi connectivity index (χ4n) is 7.22. The molecule has 3 N–H and O–H groups in total. The summed E-state index contributed by atoms with van der Waals surface area (Å²) >= 11 is 6.67. The normalized spacial score (nSPS) is 12.9. The number of thiazole rings is 2. The first kappa shape index (κ1) is 60.3. The summed E-state index contributed by atoms with van der Waals surface area (Å²) < 4.78 is 14.9. The minimum absolute atomic E-state index is 0. The number of esters is 1. The number of para-hydroxylation sites is 2. The van der Waals surface area contributed by atoms with Gasteiger partial charge in [0.2, 0.25) is 0 Å². The molecule has 6 aromatic rings. The lowest BCUT2D eigenvalue weighted by Gasteiger charge is -2.28. The quantitative estimate of drug-likeness (QED) is 0.0669. The van der Waals surface area contributed by atoms with Crippen molar-refractivity contribution in [3.8, 4) is 11.5 Å². The number of hydrogen-bond acceptors (Lipinski definition) is 13. The van der Waals surface area contributed by atoms with Crippen molar-refractivity contribution in [3.63, 3.8) is 0 Å². The summed E-state index contributed by atoms with van der Waals surface area (Å²) in [6.07, 6.45) is 1.78. The van der Waals surface area contributed by atoms with Gasteiger partial charge >= 0.3 is 5.97 Å². The second kappa shape index (κ2) is 26.1. The lowest BCUT2D eigenvalue weighted by Crippen LogP contribution is -2.18. The van der Waals surface area contributed by atoms with Crippen molar-refractivity contribution < 1.29 is 34.4 Å². The first-order valence-electron chi connectivity index (χ1n) is 23.6. The highest BCUT2D eigenvalue weighted by Crippen LogP contribution is 2.42. The molecule has 6 rings (SSSR count). The number of ketones is 1.